The van der Waals surface area contributed by atoms with Gasteiger partial charge in [-0.15, -0.1) is 0 Å². The fourth-order valence-corrected chi connectivity index (χ4v) is 4.93. The number of nitrogens with one attached hydrogen (secondary N) is 2. The molecular formula is C24H17BrFN3O3. The van der Waals surface area contributed by atoms with Gasteiger partial charge in [0, 0.05) is 15.6 Å². The zero-order valence-electron chi connectivity index (χ0n) is 16.9. The Morgan fingerprint density at radius 3 is 2.75 bits per heavy atom. The summed E-state index contributed by atoms with van der Waals surface area (Å²) in [5.74, 6) is 0.432. The van der Waals surface area contributed by atoms with Crippen LogP contribution >= 0.6 is 15.9 Å². The van der Waals surface area contributed by atoms with Gasteiger partial charge >= 0.3 is 0 Å². The van der Waals surface area contributed by atoms with Crippen LogP contribution in [0, 0.1) is 5.82 Å². The van der Waals surface area contributed by atoms with Gasteiger partial charge in [0.15, 0.2) is 11.5 Å². The van der Waals surface area contributed by atoms with Gasteiger partial charge in [-0.25, -0.2) is 4.39 Å². The van der Waals surface area contributed by atoms with E-state index in [1.807, 2.05) is 42.5 Å². The molecule has 3 aromatic carbocycles. The second-order valence-electron chi connectivity index (χ2n) is 7.78. The van der Waals surface area contributed by atoms with E-state index in [1.165, 1.54) is 12.1 Å². The number of carbonyl (C=O) groups is 1. The van der Waals surface area contributed by atoms with Gasteiger partial charge in [-0.3, -0.25) is 4.79 Å². The molecule has 1 spiro atoms. The van der Waals surface area contributed by atoms with Crippen molar-refractivity contribution in [2.45, 2.75) is 11.8 Å². The normalized spacial score (nSPS) is 22.9. The topological polar surface area (TPSA) is 62.8 Å². The fourth-order valence-electron chi connectivity index (χ4n) is 4.57. The Bertz CT molecular complexity index is 1310. The molecule has 0 saturated heterocycles. The number of rotatable bonds is 2. The van der Waals surface area contributed by atoms with Crippen molar-refractivity contribution in [3.05, 3.63) is 93.7 Å². The van der Waals surface area contributed by atoms with Crippen molar-refractivity contribution in [2.24, 2.45) is 0 Å². The molecule has 1 amide bonds. The summed E-state index contributed by atoms with van der Waals surface area (Å²) in [5, 5.41) is 4.75. The maximum atomic E-state index is 13.5. The van der Waals surface area contributed by atoms with E-state index in [4.69, 9.17) is 9.47 Å². The molecule has 0 fully saturated rings. The summed E-state index contributed by atoms with van der Waals surface area (Å²) in [5.41, 5.74) is 5.66. The smallest absolute Gasteiger partial charge is 0.291 e. The van der Waals surface area contributed by atoms with Crippen molar-refractivity contribution in [3.8, 4) is 11.5 Å². The van der Waals surface area contributed by atoms with Crippen molar-refractivity contribution in [3.63, 3.8) is 0 Å². The van der Waals surface area contributed by atoms with Gasteiger partial charge in [-0.1, -0.05) is 28.1 Å². The summed E-state index contributed by atoms with van der Waals surface area (Å²) in [6.07, 6.45) is 2.01. The Labute approximate surface area is 191 Å². The van der Waals surface area contributed by atoms with Gasteiger partial charge in [-0.2, -0.15) is 5.01 Å². The number of hydrogen-bond acceptors (Lipinski definition) is 5. The van der Waals surface area contributed by atoms with Crippen LogP contribution in [0.25, 0.3) is 5.70 Å². The highest BCUT2D eigenvalue weighted by Gasteiger charge is 2.61. The maximum Gasteiger partial charge on any atom is 0.291 e. The van der Waals surface area contributed by atoms with Crippen LogP contribution in [0.1, 0.15) is 22.7 Å². The molecule has 0 saturated carbocycles. The van der Waals surface area contributed by atoms with Gasteiger partial charge in [-0.05, 0) is 60.2 Å². The quantitative estimate of drug-likeness (QED) is 0.541. The Hall–Kier alpha value is -3.36. The lowest BCUT2D eigenvalue weighted by Gasteiger charge is -2.45. The monoisotopic (exact) mass is 493 g/mol. The second-order valence-corrected chi connectivity index (χ2v) is 8.70. The minimum Gasteiger partial charge on any atom is -0.493 e. The van der Waals surface area contributed by atoms with E-state index < -0.39 is 5.72 Å². The molecular weight excluding hydrogens is 477 g/mol. The molecule has 2 atom stereocenters. The highest BCUT2D eigenvalue weighted by Crippen LogP contribution is 2.55. The number of anilines is 1. The van der Waals surface area contributed by atoms with E-state index in [9.17, 15) is 9.18 Å². The minimum absolute atomic E-state index is 0.311. The lowest BCUT2D eigenvalue weighted by Crippen LogP contribution is -2.60. The number of benzene rings is 3. The number of para-hydroxylation sites is 1. The molecule has 3 aliphatic heterocycles. The van der Waals surface area contributed by atoms with Crippen LogP contribution in [0.4, 0.5) is 10.1 Å². The number of carbonyl (C=O) groups excluding carboxylic acids is 1. The Balaban J connectivity index is 1.58. The predicted molar refractivity (Wildman–Crippen MR) is 120 cm³/mol. The van der Waals surface area contributed by atoms with E-state index in [1.54, 1.807) is 24.3 Å². The van der Waals surface area contributed by atoms with Crippen LogP contribution in [-0.4, -0.2) is 18.0 Å². The van der Waals surface area contributed by atoms with Gasteiger partial charge in [0.2, 0.25) is 0 Å². The van der Waals surface area contributed by atoms with Crippen LogP contribution < -0.4 is 20.2 Å². The number of hydrazine groups is 1. The van der Waals surface area contributed by atoms with Gasteiger partial charge in [0.25, 0.3) is 11.6 Å². The van der Waals surface area contributed by atoms with Crippen molar-refractivity contribution < 1.29 is 18.7 Å². The third-order valence-corrected chi connectivity index (χ3v) is 6.53. The SMILES string of the molecule is COc1cccc2c1OC1(C(=O)Nc3ccc(Br)cc31)N1NC(c3ccc(F)cc3)=CC21. The van der Waals surface area contributed by atoms with E-state index in [0.29, 0.717) is 22.7 Å². The van der Waals surface area contributed by atoms with E-state index in [2.05, 4.69) is 26.7 Å². The van der Waals surface area contributed by atoms with Crippen molar-refractivity contribution in [1.82, 2.24) is 10.4 Å². The summed E-state index contributed by atoms with van der Waals surface area (Å²) in [6.45, 7) is 0. The number of methoxy groups -OCH3 is 1. The number of nitrogens with zero attached hydrogens (tertiary/aromatic N) is 1. The second kappa shape index (κ2) is 6.82. The standard InChI is InChI=1S/C24H17BrFN3O3/c1-31-21-4-2-3-16-20-12-19(13-5-8-15(26)9-6-13)28-29(20)24(32-22(16)21)17-11-14(25)7-10-18(17)27-23(24)30/h2-12,20,28H,1H3,(H,27,30). The predicted octanol–water partition coefficient (Wildman–Crippen LogP) is 4.70. The van der Waals surface area contributed by atoms with Crippen LogP contribution in [0.5, 0.6) is 11.5 Å². The summed E-state index contributed by atoms with van der Waals surface area (Å²) >= 11 is 3.52. The third-order valence-electron chi connectivity index (χ3n) is 6.04. The van der Waals surface area contributed by atoms with Crippen LogP contribution in [0.15, 0.2) is 71.2 Å². The zero-order chi connectivity index (χ0) is 22.0. The molecule has 3 heterocycles. The van der Waals surface area contributed by atoms with Crippen LogP contribution in [0.3, 0.4) is 0 Å². The zero-order valence-corrected chi connectivity index (χ0v) is 18.4. The molecule has 2 unspecified atom stereocenters. The molecule has 0 aliphatic carbocycles. The molecule has 32 heavy (non-hydrogen) atoms. The number of ether oxygens (including phenoxy) is 2. The van der Waals surface area contributed by atoms with Crippen LogP contribution in [-0.2, 0) is 10.5 Å². The first kappa shape index (κ1) is 19.3. The first-order chi connectivity index (χ1) is 15.5. The average Bonchev–Trinajstić information content (AvgIpc) is 3.35. The average molecular weight is 494 g/mol. The van der Waals surface area contributed by atoms with Crippen molar-refractivity contribution in [1.29, 1.82) is 0 Å². The molecule has 6 nitrogen and oxygen atoms in total. The molecule has 6 rings (SSSR count). The number of amides is 1. The summed E-state index contributed by atoms with van der Waals surface area (Å²) in [6, 6.07) is 17.1. The number of fused-ring (bicyclic) bond motifs is 6. The molecule has 160 valence electrons. The van der Waals surface area contributed by atoms with Gasteiger partial charge < -0.3 is 20.2 Å². The van der Waals surface area contributed by atoms with E-state index >= 15 is 0 Å². The highest BCUT2D eigenvalue weighted by atomic mass is 79.9. The van der Waals surface area contributed by atoms with E-state index in [0.717, 1.165) is 21.3 Å². The number of halogens is 2. The molecule has 3 aliphatic rings. The van der Waals surface area contributed by atoms with Gasteiger partial charge in [0.1, 0.15) is 5.82 Å². The lowest BCUT2D eigenvalue weighted by molar-refractivity contribution is -0.166. The maximum absolute atomic E-state index is 13.5. The molecule has 0 bridgehead atoms. The Morgan fingerprint density at radius 1 is 1.16 bits per heavy atom. The Morgan fingerprint density at radius 2 is 1.97 bits per heavy atom. The fraction of sp³-hybridized carbons (Fsp3) is 0.125. The molecule has 2 N–H and O–H groups in total. The molecule has 3 aromatic rings. The molecule has 0 radical (unpaired) electrons. The minimum atomic E-state index is -1.47. The number of hydrogen-bond donors (Lipinski definition) is 2. The highest BCUT2D eigenvalue weighted by molar-refractivity contribution is 9.10. The molecule has 0 aromatic heterocycles. The van der Waals surface area contributed by atoms with Gasteiger partial charge in [0.05, 0.1) is 24.5 Å². The first-order valence-corrected chi connectivity index (χ1v) is 10.8. The van der Waals surface area contributed by atoms with Crippen molar-refractivity contribution in [2.75, 3.05) is 12.4 Å². The summed E-state index contributed by atoms with van der Waals surface area (Å²) in [4.78, 5) is 13.5. The van der Waals surface area contributed by atoms with Crippen molar-refractivity contribution >= 4 is 33.2 Å². The summed E-state index contributed by atoms with van der Waals surface area (Å²) in [7, 11) is 1.57. The third kappa shape index (κ3) is 2.56. The first-order valence-electron chi connectivity index (χ1n) is 10.0. The van der Waals surface area contributed by atoms with E-state index in [-0.39, 0.29) is 17.8 Å². The van der Waals surface area contributed by atoms with Crippen LogP contribution in [0.2, 0.25) is 0 Å². The summed E-state index contributed by atoms with van der Waals surface area (Å²) < 4.78 is 26.4. The molecule has 8 heteroatoms. The largest absolute Gasteiger partial charge is 0.493 e. The lowest BCUT2D eigenvalue weighted by atomic mass is 9.95. The Kier molecular flexibility index (Phi) is 4.12.